The van der Waals surface area contributed by atoms with Crippen LogP contribution in [0.1, 0.15) is 5.82 Å². The molecule has 33 heavy (non-hydrogen) atoms. The number of fused-ring (bicyclic) bond motifs is 1. The second-order valence-electron chi connectivity index (χ2n) is 6.87. The molecule has 9 nitrogen and oxygen atoms in total. The summed E-state index contributed by atoms with van der Waals surface area (Å²) in [6, 6.07) is 4.30. The van der Waals surface area contributed by atoms with Gasteiger partial charge in [0.1, 0.15) is 0 Å². The first-order valence-corrected chi connectivity index (χ1v) is 11.9. The first-order valence-electron chi connectivity index (χ1n) is 9.02. The van der Waals surface area contributed by atoms with E-state index in [-0.39, 0.29) is 23.5 Å². The maximum absolute atomic E-state index is 12.9. The summed E-state index contributed by atoms with van der Waals surface area (Å²) in [4.78, 5) is -0.0107. The predicted molar refractivity (Wildman–Crippen MR) is 99.2 cm³/mol. The Morgan fingerprint density at radius 2 is 1.58 bits per heavy atom. The number of morpholine rings is 1. The van der Waals surface area contributed by atoms with Crippen LogP contribution in [0.3, 0.4) is 0 Å². The summed E-state index contributed by atoms with van der Waals surface area (Å²) in [6.45, 7) is 1.48. The summed E-state index contributed by atoms with van der Waals surface area (Å²) in [5.74, 6) is 0.397. The third-order valence-corrected chi connectivity index (χ3v) is 7.17. The van der Waals surface area contributed by atoms with Gasteiger partial charge in [0, 0.05) is 26.1 Å². The van der Waals surface area contributed by atoms with Crippen molar-refractivity contribution in [2.45, 2.75) is 30.0 Å². The van der Waals surface area contributed by atoms with Crippen molar-refractivity contribution in [3.05, 3.63) is 24.0 Å². The molecule has 0 amide bonds. The van der Waals surface area contributed by atoms with E-state index in [4.69, 9.17) is 17.7 Å². The second-order valence-corrected chi connectivity index (χ2v) is 10.2. The molecule has 0 radical (unpaired) electrons. The molecule has 2 heterocycles. The number of halogens is 6. The van der Waals surface area contributed by atoms with E-state index in [0.717, 1.165) is 4.57 Å². The van der Waals surface area contributed by atoms with Gasteiger partial charge in [-0.05, 0) is 12.1 Å². The van der Waals surface area contributed by atoms with Crippen molar-refractivity contribution in [3.8, 4) is 0 Å². The number of alkyl halides is 6. The molecule has 1 aliphatic rings. The highest BCUT2D eigenvalue weighted by molar-refractivity contribution is 7.89. The highest BCUT2D eigenvalue weighted by Gasteiger charge is 2.37. The third kappa shape index (κ3) is 6.34. The fourth-order valence-corrected chi connectivity index (χ4v) is 4.44. The van der Waals surface area contributed by atoms with Gasteiger partial charge in [0.15, 0.2) is 27.7 Å². The van der Waals surface area contributed by atoms with Crippen molar-refractivity contribution in [1.82, 2.24) is 8.87 Å². The maximum Gasteiger partial charge on any atom is 0.485 e. The van der Waals surface area contributed by atoms with Crippen LogP contribution in [-0.2, 0) is 38.5 Å². The molecule has 0 aliphatic carbocycles. The van der Waals surface area contributed by atoms with Crippen molar-refractivity contribution >= 4 is 31.2 Å². The molecule has 1 aromatic heterocycles. The van der Waals surface area contributed by atoms with Gasteiger partial charge in [-0.2, -0.15) is 30.6 Å². The molecule has 1 aromatic carbocycles. The first-order chi connectivity index (χ1) is 14.9. The highest BCUT2D eigenvalue weighted by atomic mass is 32.2. The summed E-state index contributed by atoms with van der Waals surface area (Å²) >= 11 is 0. The molecular weight excluding hydrogens is 508 g/mol. The van der Waals surface area contributed by atoms with Crippen molar-refractivity contribution in [3.63, 3.8) is 0 Å². The minimum atomic E-state index is -6.09. The van der Waals surface area contributed by atoms with E-state index in [0.29, 0.717) is 24.6 Å². The summed E-state index contributed by atoms with van der Waals surface area (Å²) in [6.07, 6.45) is -4.40. The van der Waals surface area contributed by atoms with Crippen LogP contribution in [0.15, 0.2) is 23.1 Å². The molecular formula is C16H19F6N3O6S2. The monoisotopic (exact) mass is 527 g/mol. The Morgan fingerprint density at radius 1 is 1.06 bits per heavy atom. The molecule has 2 aromatic rings. The van der Waals surface area contributed by atoms with Crippen molar-refractivity contribution in [2.75, 3.05) is 26.3 Å². The fourth-order valence-electron chi connectivity index (χ4n) is 3.01. The number of ether oxygens (including phenoxy) is 1. The number of benzene rings is 1. The van der Waals surface area contributed by atoms with Gasteiger partial charge in [-0.1, -0.05) is 0 Å². The normalized spacial score (nSPS) is 16.5. The van der Waals surface area contributed by atoms with E-state index < -0.39 is 38.4 Å². The summed E-state index contributed by atoms with van der Waals surface area (Å²) in [7, 11) is -8.20. The van der Waals surface area contributed by atoms with Crippen LogP contribution in [0.5, 0.6) is 0 Å². The van der Waals surface area contributed by atoms with Crippen LogP contribution < -0.4 is 4.57 Å². The lowest BCUT2D eigenvalue weighted by Gasteiger charge is -2.25. The average Bonchev–Trinajstić information content (AvgIpc) is 2.91. The van der Waals surface area contributed by atoms with Gasteiger partial charge in [0.25, 0.3) is 5.82 Å². The molecule has 3 rings (SSSR count). The van der Waals surface area contributed by atoms with Gasteiger partial charge in [0.2, 0.25) is 10.0 Å². The molecule has 1 fully saturated rings. The van der Waals surface area contributed by atoms with Crippen LogP contribution in [0.25, 0.3) is 11.0 Å². The van der Waals surface area contributed by atoms with Crippen molar-refractivity contribution in [1.29, 1.82) is 0 Å². The van der Waals surface area contributed by atoms with Gasteiger partial charge in [-0.3, -0.25) is 0 Å². The molecule has 1 aliphatic heterocycles. The molecule has 17 heteroatoms. The Balaban J connectivity index is 0.000000414. The number of hydrogen-bond acceptors (Lipinski definition) is 6. The minimum Gasteiger partial charge on any atom is -0.741 e. The Hall–Kier alpha value is -1.95. The van der Waals surface area contributed by atoms with E-state index in [9.17, 15) is 34.8 Å². The van der Waals surface area contributed by atoms with Crippen LogP contribution in [-0.4, -0.2) is 68.2 Å². The summed E-state index contributed by atoms with van der Waals surface area (Å²) in [5.41, 5.74) is -4.86. The Kier molecular flexibility index (Phi) is 7.74. The quantitative estimate of drug-likeness (QED) is 0.258. The van der Waals surface area contributed by atoms with Gasteiger partial charge >= 0.3 is 11.7 Å². The van der Waals surface area contributed by atoms with Gasteiger partial charge in [-0.15, -0.1) is 0 Å². The lowest BCUT2D eigenvalue weighted by atomic mass is 10.3. The number of hydrogen-bond donors (Lipinski definition) is 0. The first kappa shape index (κ1) is 27.3. The van der Waals surface area contributed by atoms with Crippen molar-refractivity contribution < 1.29 is 57.0 Å². The van der Waals surface area contributed by atoms with E-state index in [1.165, 1.54) is 16.4 Å². The molecule has 0 bridgehead atoms. The van der Waals surface area contributed by atoms with Gasteiger partial charge in [0.05, 0.1) is 25.2 Å². The molecule has 0 unspecified atom stereocenters. The number of aryl methyl sites for hydroxylation is 1. The molecule has 1 saturated heterocycles. The third-order valence-electron chi connectivity index (χ3n) is 4.70. The zero-order valence-electron chi connectivity index (χ0n) is 17.1. The highest BCUT2D eigenvalue weighted by Crippen LogP contribution is 2.26. The zero-order valence-corrected chi connectivity index (χ0v) is 18.8. The van der Waals surface area contributed by atoms with Crippen LogP contribution in [0.2, 0.25) is 0 Å². The number of aromatic nitrogens is 2. The van der Waals surface area contributed by atoms with Crippen LogP contribution in [0, 0.1) is 6.92 Å². The smallest absolute Gasteiger partial charge is 0.485 e. The minimum absolute atomic E-state index is 0.0107. The summed E-state index contributed by atoms with van der Waals surface area (Å²) in [5, 5.41) is 0. The number of rotatable bonds is 3. The van der Waals surface area contributed by atoms with Crippen LogP contribution in [0.4, 0.5) is 26.3 Å². The molecule has 0 saturated carbocycles. The molecule has 0 N–H and O–H groups in total. The molecule has 188 valence electrons. The zero-order chi connectivity index (χ0) is 25.4. The number of nitrogens with zero attached hydrogens (tertiary/aromatic N) is 3. The number of imidazole rings is 1. The Labute approximate surface area is 185 Å². The average molecular weight is 527 g/mol. The summed E-state index contributed by atoms with van der Waals surface area (Å²) < 4.78 is 132. The van der Waals surface area contributed by atoms with Crippen LogP contribution >= 0.6 is 0 Å². The van der Waals surface area contributed by atoms with E-state index >= 15 is 0 Å². The SMILES string of the molecule is Cc1n(CC(F)(F)F)c2cc(S(=O)(=O)N3CCOCC3)ccc2[n+]1C.O=S(=O)([O-])C(F)(F)F. The van der Waals surface area contributed by atoms with E-state index in [2.05, 4.69) is 0 Å². The van der Waals surface area contributed by atoms with Gasteiger partial charge in [-0.25, -0.2) is 26.0 Å². The Bertz CT molecular complexity index is 1220. The van der Waals surface area contributed by atoms with Crippen molar-refractivity contribution in [2.24, 2.45) is 7.05 Å². The maximum atomic E-state index is 12.9. The standard InChI is InChI=1S/C15H19F3N3O3S.CHF3O3S/c1-11-19(2)13-4-3-12(9-14(13)21(11)10-15(16,17)18)25(22,23)20-5-7-24-8-6-20;2-1(3,4)8(5,6)7/h3-4,9H,5-8,10H2,1-2H3;(H,5,6,7)/q+1;/p-1. The molecule has 0 atom stereocenters. The molecule has 0 spiro atoms. The fraction of sp³-hybridized carbons (Fsp3) is 0.562. The number of sulfonamides is 1. The second kappa shape index (κ2) is 9.36. The largest absolute Gasteiger partial charge is 0.741 e. The lowest BCUT2D eigenvalue weighted by molar-refractivity contribution is -0.652. The van der Waals surface area contributed by atoms with Gasteiger partial charge < -0.3 is 9.29 Å². The predicted octanol–water partition coefficient (Wildman–Crippen LogP) is 1.41. The van der Waals surface area contributed by atoms with E-state index in [1.807, 2.05) is 0 Å². The van der Waals surface area contributed by atoms with E-state index in [1.54, 1.807) is 24.6 Å². The topological polar surface area (TPSA) is 113 Å². The Morgan fingerprint density at radius 3 is 2.03 bits per heavy atom. The lowest BCUT2D eigenvalue weighted by Crippen LogP contribution is -2.40.